The number of Topliss-reactive ketones (excluding diaryl/α,β-unsaturated/α-hetero) is 1. The molecular formula is C11H19NO. The monoisotopic (exact) mass is 181 g/mol. The minimum absolute atomic E-state index is 0.0908. The standard InChI is InChI=1S/C11H19NO/c1-3-6-10(13)11(4-2)7-5-8-12-9-11/h3,12H,1,4-9H2,2H3. The van der Waals surface area contributed by atoms with Crippen LogP contribution in [0, 0.1) is 5.41 Å². The Morgan fingerprint density at radius 2 is 2.46 bits per heavy atom. The van der Waals surface area contributed by atoms with Gasteiger partial charge in [-0.25, -0.2) is 0 Å². The van der Waals surface area contributed by atoms with E-state index in [0.717, 1.165) is 32.4 Å². The molecule has 1 saturated heterocycles. The number of carbonyl (C=O) groups excluding carboxylic acids is 1. The highest BCUT2D eigenvalue weighted by atomic mass is 16.1. The molecule has 1 unspecified atom stereocenters. The number of hydrogen-bond donors (Lipinski definition) is 1. The van der Waals surface area contributed by atoms with E-state index in [9.17, 15) is 4.79 Å². The fourth-order valence-electron chi connectivity index (χ4n) is 2.05. The van der Waals surface area contributed by atoms with Gasteiger partial charge in [0.1, 0.15) is 5.78 Å². The van der Waals surface area contributed by atoms with E-state index in [2.05, 4.69) is 18.8 Å². The van der Waals surface area contributed by atoms with E-state index in [-0.39, 0.29) is 5.41 Å². The van der Waals surface area contributed by atoms with E-state index < -0.39 is 0 Å². The summed E-state index contributed by atoms with van der Waals surface area (Å²) in [5.74, 6) is 0.359. The van der Waals surface area contributed by atoms with Crippen LogP contribution < -0.4 is 5.32 Å². The number of ketones is 1. The van der Waals surface area contributed by atoms with Crippen molar-refractivity contribution in [2.75, 3.05) is 13.1 Å². The molecule has 1 aliphatic heterocycles. The predicted molar refractivity (Wildman–Crippen MR) is 54.6 cm³/mol. The molecule has 13 heavy (non-hydrogen) atoms. The summed E-state index contributed by atoms with van der Waals surface area (Å²) in [7, 11) is 0. The highest BCUT2D eigenvalue weighted by Gasteiger charge is 2.36. The molecule has 2 heteroatoms. The normalized spacial score (nSPS) is 28.4. The van der Waals surface area contributed by atoms with Crippen LogP contribution >= 0.6 is 0 Å². The number of hydrogen-bond acceptors (Lipinski definition) is 2. The molecule has 1 N–H and O–H groups in total. The van der Waals surface area contributed by atoms with Crippen LogP contribution in [-0.2, 0) is 4.79 Å². The summed E-state index contributed by atoms with van der Waals surface area (Å²) in [5, 5.41) is 3.31. The zero-order valence-electron chi connectivity index (χ0n) is 8.44. The zero-order chi connectivity index (χ0) is 9.73. The minimum atomic E-state index is -0.0908. The van der Waals surface area contributed by atoms with Crippen LogP contribution in [0.15, 0.2) is 12.7 Å². The number of allylic oxidation sites excluding steroid dienone is 1. The van der Waals surface area contributed by atoms with Crippen LogP contribution in [0.3, 0.4) is 0 Å². The molecule has 0 aromatic rings. The summed E-state index contributed by atoms with van der Waals surface area (Å²) < 4.78 is 0. The van der Waals surface area contributed by atoms with Crippen molar-refractivity contribution in [2.45, 2.75) is 32.6 Å². The molecule has 1 aliphatic rings. The van der Waals surface area contributed by atoms with E-state index in [1.165, 1.54) is 0 Å². The molecule has 0 aliphatic carbocycles. The van der Waals surface area contributed by atoms with Gasteiger partial charge in [-0.3, -0.25) is 4.79 Å². The maximum absolute atomic E-state index is 11.8. The highest BCUT2D eigenvalue weighted by Crippen LogP contribution is 2.32. The van der Waals surface area contributed by atoms with Gasteiger partial charge in [0.05, 0.1) is 0 Å². The summed E-state index contributed by atoms with van der Waals surface area (Å²) in [6.07, 6.45) is 5.36. The second-order valence-corrected chi connectivity index (χ2v) is 3.83. The molecule has 0 aromatic heterocycles. The van der Waals surface area contributed by atoms with Gasteiger partial charge >= 0.3 is 0 Å². The largest absolute Gasteiger partial charge is 0.316 e. The van der Waals surface area contributed by atoms with Crippen LogP contribution in [0.2, 0.25) is 0 Å². The third-order valence-corrected chi connectivity index (χ3v) is 3.07. The zero-order valence-corrected chi connectivity index (χ0v) is 8.44. The molecule has 1 atom stereocenters. The molecule has 1 heterocycles. The van der Waals surface area contributed by atoms with Gasteiger partial charge in [-0.15, -0.1) is 6.58 Å². The van der Waals surface area contributed by atoms with E-state index in [4.69, 9.17) is 0 Å². The van der Waals surface area contributed by atoms with Gasteiger partial charge in [-0.1, -0.05) is 13.0 Å². The van der Waals surface area contributed by atoms with Gasteiger partial charge in [0.15, 0.2) is 0 Å². The first kappa shape index (κ1) is 10.5. The Labute approximate surface area is 80.4 Å². The maximum atomic E-state index is 11.8. The summed E-state index contributed by atoms with van der Waals surface area (Å²) in [5.41, 5.74) is -0.0908. The smallest absolute Gasteiger partial charge is 0.144 e. The first-order valence-corrected chi connectivity index (χ1v) is 5.10. The van der Waals surface area contributed by atoms with Crippen molar-refractivity contribution in [1.82, 2.24) is 5.32 Å². The number of piperidine rings is 1. The van der Waals surface area contributed by atoms with Gasteiger partial charge in [0.25, 0.3) is 0 Å². The Kier molecular flexibility index (Phi) is 3.67. The van der Waals surface area contributed by atoms with Gasteiger partial charge in [-0.05, 0) is 25.8 Å². The van der Waals surface area contributed by atoms with Crippen LogP contribution in [0.25, 0.3) is 0 Å². The van der Waals surface area contributed by atoms with Crippen LogP contribution in [0.5, 0.6) is 0 Å². The molecule has 1 rings (SSSR count). The molecule has 0 aromatic carbocycles. The van der Waals surface area contributed by atoms with Crippen molar-refractivity contribution in [3.63, 3.8) is 0 Å². The SMILES string of the molecule is C=CCC(=O)C1(CC)CCCNC1. The summed E-state index contributed by atoms with van der Waals surface area (Å²) in [6.45, 7) is 7.64. The lowest BCUT2D eigenvalue weighted by atomic mass is 9.74. The van der Waals surface area contributed by atoms with Gasteiger partial charge in [0.2, 0.25) is 0 Å². The Morgan fingerprint density at radius 3 is 2.92 bits per heavy atom. The van der Waals surface area contributed by atoms with Crippen molar-refractivity contribution in [3.8, 4) is 0 Å². The molecule has 0 bridgehead atoms. The molecule has 2 nitrogen and oxygen atoms in total. The van der Waals surface area contributed by atoms with Gasteiger partial charge in [-0.2, -0.15) is 0 Å². The molecule has 0 spiro atoms. The Morgan fingerprint density at radius 1 is 1.69 bits per heavy atom. The lowest BCUT2D eigenvalue weighted by Crippen LogP contribution is -2.44. The lowest BCUT2D eigenvalue weighted by molar-refractivity contribution is -0.129. The summed E-state index contributed by atoms with van der Waals surface area (Å²) in [6, 6.07) is 0. The topological polar surface area (TPSA) is 29.1 Å². The van der Waals surface area contributed by atoms with E-state index in [1.54, 1.807) is 6.08 Å². The molecule has 1 fully saturated rings. The first-order chi connectivity index (χ1) is 6.25. The average Bonchev–Trinajstić information content (AvgIpc) is 2.19. The van der Waals surface area contributed by atoms with Crippen LogP contribution in [-0.4, -0.2) is 18.9 Å². The van der Waals surface area contributed by atoms with Gasteiger partial charge < -0.3 is 5.32 Å². The molecule has 0 amide bonds. The fourth-order valence-corrected chi connectivity index (χ4v) is 2.05. The van der Waals surface area contributed by atoms with Crippen molar-refractivity contribution in [1.29, 1.82) is 0 Å². The number of carbonyl (C=O) groups is 1. The van der Waals surface area contributed by atoms with E-state index >= 15 is 0 Å². The van der Waals surface area contributed by atoms with Crippen LogP contribution in [0.4, 0.5) is 0 Å². The maximum Gasteiger partial charge on any atom is 0.144 e. The Hall–Kier alpha value is -0.630. The van der Waals surface area contributed by atoms with Gasteiger partial charge in [0, 0.05) is 18.4 Å². The number of rotatable bonds is 4. The molecular weight excluding hydrogens is 162 g/mol. The molecule has 0 saturated carbocycles. The predicted octanol–water partition coefficient (Wildman–Crippen LogP) is 1.91. The third-order valence-electron chi connectivity index (χ3n) is 3.07. The first-order valence-electron chi connectivity index (χ1n) is 5.10. The summed E-state index contributed by atoms with van der Waals surface area (Å²) >= 11 is 0. The average molecular weight is 181 g/mol. The van der Waals surface area contributed by atoms with Crippen molar-refractivity contribution >= 4 is 5.78 Å². The second-order valence-electron chi connectivity index (χ2n) is 3.83. The van der Waals surface area contributed by atoms with Crippen molar-refractivity contribution < 1.29 is 4.79 Å². The van der Waals surface area contributed by atoms with Crippen molar-refractivity contribution in [2.24, 2.45) is 5.41 Å². The third kappa shape index (κ3) is 2.19. The minimum Gasteiger partial charge on any atom is -0.316 e. The fraction of sp³-hybridized carbons (Fsp3) is 0.727. The van der Waals surface area contributed by atoms with Crippen LogP contribution in [0.1, 0.15) is 32.6 Å². The second kappa shape index (κ2) is 4.56. The van der Waals surface area contributed by atoms with E-state index in [0.29, 0.717) is 12.2 Å². The molecule has 0 radical (unpaired) electrons. The van der Waals surface area contributed by atoms with Crippen molar-refractivity contribution in [3.05, 3.63) is 12.7 Å². The number of nitrogens with one attached hydrogen (secondary N) is 1. The highest BCUT2D eigenvalue weighted by molar-refractivity contribution is 5.86. The summed E-state index contributed by atoms with van der Waals surface area (Å²) in [4.78, 5) is 11.8. The van der Waals surface area contributed by atoms with E-state index in [1.807, 2.05) is 0 Å². The Balaban J connectivity index is 2.66. The Bertz CT molecular complexity index is 192. The lowest BCUT2D eigenvalue weighted by Gasteiger charge is -2.35. The molecule has 74 valence electrons. The quantitative estimate of drug-likeness (QED) is 0.671.